The number of hydrogen-bond acceptors (Lipinski definition) is 5. The SMILES string of the molecule is C[C@@H]1C/C=C\[C@H](O)[C@@H]2CC[C@H]2CN2C[C@@]3(CCCc4cc(Cl)ccc43)COc3ccc(cc32)C(=O)NS[C@H]1C. The van der Waals surface area contributed by atoms with Crippen LogP contribution in [0.1, 0.15) is 67.4 Å². The zero-order valence-corrected chi connectivity index (χ0v) is 24.4. The van der Waals surface area contributed by atoms with Gasteiger partial charge in [0.15, 0.2) is 0 Å². The third-order valence-electron chi connectivity index (χ3n) is 9.65. The number of hydrogen-bond donors (Lipinski definition) is 2. The van der Waals surface area contributed by atoms with Crippen molar-refractivity contribution < 1.29 is 14.6 Å². The van der Waals surface area contributed by atoms with Crippen molar-refractivity contribution in [2.24, 2.45) is 17.8 Å². The molecule has 2 heterocycles. The number of aryl methyl sites for hydroxylation is 1. The highest BCUT2D eigenvalue weighted by Crippen LogP contribution is 2.46. The second kappa shape index (κ2) is 11.0. The Kier molecular flexibility index (Phi) is 7.64. The molecular weight excluding hydrogens is 528 g/mol. The van der Waals surface area contributed by atoms with Gasteiger partial charge in [-0.1, -0.05) is 43.7 Å². The van der Waals surface area contributed by atoms with E-state index in [2.05, 4.69) is 41.7 Å². The second-order valence-electron chi connectivity index (χ2n) is 12.2. The molecule has 1 amide bonds. The molecule has 2 aliphatic carbocycles. The van der Waals surface area contributed by atoms with Gasteiger partial charge in [0.25, 0.3) is 5.91 Å². The van der Waals surface area contributed by atoms with Crippen molar-refractivity contribution in [3.8, 4) is 5.75 Å². The number of amides is 1. The summed E-state index contributed by atoms with van der Waals surface area (Å²) in [7, 11) is 0. The van der Waals surface area contributed by atoms with Gasteiger partial charge in [-0.05, 0) is 110 Å². The predicted molar refractivity (Wildman–Crippen MR) is 160 cm³/mol. The van der Waals surface area contributed by atoms with Gasteiger partial charge in [-0.15, -0.1) is 0 Å². The predicted octanol–water partition coefficient (Wildman–Crippen LogP) is 6.56. The van der Waals surface area contributed by atoms with Gasteiger partial charge in [0.2, 0.25) is 0 Å². The van der Waals surface area contributed by atoms with E-state index in [4.69, 9.17) is 16.3 Å². The Hall–Kier alpha value is -2.15. The van der Waals surface area contributed by atoms with Crippen molar-refractivity contribution in [3.63, 3.8) is 0 Å². The molecule has 1 fully saturated rings. The summed E-state index contributed by atoms with van der Waals surface area (Å²) < 4.78 is 9.67. The van der Waals surface area contributed by atoms with Gasteiger partial charge < -0.3 is 14.7 Å². The molecule has 4 aliphatic rings. The molecular formula is C32H39ClN2O3S. The monoisotopic (exact) mass is 566 g/mol. The Morgan fingerprint density at radius 2 is 2.05 bits per heavy atom. The highest BCUT2D eigenvalue weighted by molar-refractivity contribution is 7.98. The van der Waals surface area contributed by atoms with Crippen molar-refractivity contribution in [3.05, 3.63) is 70.3 Å². The summed E-state index contributed by atoms with van der Waals surface area (Å²) in [5, 5.41) is 12.1. The van der Waals surface area contributed by atoms with E-state index in [-0.39, 0.29) is 22.5 Å². The Balaban J connectivity index is 1.39. The number of carbonyl (C=O) groups is 1. The van der Waals surface area contributed by atoms with E-state index in [0.717, 1.165) is 68.1 Å². The van der Waals surface area contributed by atoms with Crippen LogP contribution in [-0.4, -0.2) is 42.1 Å². The number of anilines is 1. The number of allylic oxidation sites excluding steroid dienone is 1. The van der Waals surface area contributed by atoms with Crippen LogP contribution in [0.3, 0.4) is 0 Å². The second-order valence-corrected chi connectivity index (χ2v) is 13.8. The van der Waals surface area contributed by atoms with Crippen molar-refractivity contribution in [1.29, 1.82) is 0 Å². The average Bonchev–Trinajstić information content (AvgIpc) is 3.05. The first-order valence-corrected chi connectivity index (χ1v) is 15.7. The molecule has 6 atom stereocenters. The molecule has 1 spiro atoms. The average molecular weight is 567 g/mol. The van der Waals surface area contributed by atoms with Crippen molar-refractivity contribution in [2.75, 3.05) is 24.6 Å². The molecule has 2 aromatic rings. The van der Waals surface area contributed by atoms with Crippen molar-refractivity contribution in [2.45, 2.75) is 69.1 Å². The third-order valence-corrected chi connectivity index (χ3v) is 11.0. The number of aliphatic hydroxyl groups excluding tert-OH is 1. The van der Waals surface area contributed by atoms with E-state index in [0.29, 0.717) is 24.0 Å². The zero-order valence-electron chi connectivity index (χ0n) is 22.9. The fraction of sp³-hybridized carbons (Fsp3) is 0.531. The van der Waals surface area contributed by atoms with Gasteiger partial charge >= 0.3 is 0 Å². The number of carbonyl (C=O) groups excluding carboxylic acids is 1. The molecule has 7 heteroatoms. The molecule has 0 saturated heterocycles. The normalized spacial score (nSPS) is 33.6. The van der Waals surface area contributed by atoms with E-state index in [1.165, 1.54) is 23.1 Å². The maximum absolute atomic E-state index is 13.2. The summed E-state index contributed by atoms with van der Waals surface area (Å²) in [4.78, 5) is 15.7. The topological polar surface area (TPSA) is 61.8 Å². The van der Waals surface area contributed by atoms with E-state index < -0.39 is 6.10 Å². The van der Waals surface area contributed by atoms with Crippen LogP contribution >= 0.6 is 23.5 Å². The smallest absolute Gasteiger partial charge is 0.261 e. The number of aliphatic hydroxyl groups is 1. The minimum atomic E-state index is -0.424. The minimum absolute atomic E-state index is 0.0713. The first-order valence-electron chi connectivity index (χ1n) is 14.4. The summed E-state index contributed by atoms with van der Waals surface area (Å²) in [5.74, 6) is 1.78. The maximum atomic E-state index is 13.2. The molecule has 0 radical (unpaired) electrons. The van der Waals surface area contributed by atoms with Crippen LogP contribution in [0.4, 0.5) is 5.69 Å². The highest BCUT2D eigenvalue weighted by atomic mass is 35.5. The Morgan fingerprint density at radius 1 is 1.18 bits per heavy atom. The molecule has 2 aromatic carbocycles. The molecule has 0 unspecified atom stereocenters. The van der Waals surface area contributed by atoms with E-state index in [9.17, 15) is 9.90 Å². The quantitative estimate of drug-likeness (QED) is 0.279. The van der Waals surface area contributed by atoms with Crippen LogP contribution in [0, 0.1) is 17.8 Å². The summed E-state index contributed by atoms with van der Waals surface area (Å²) in [6, 6.07) is 12.2. The fourth-order valence-electron chi connectivity index (χ4n) is 6.90. The van der Waals surface area contributed by atoms with Crippen LogP contribution in [0.2, 0.25) is 5.02 Å². The lowest BCUT2D eigenvalue weighted by molar-refractivity contribution is 0.0456. The Labute approximate surface area is 241 Å². The lowest BCUT2D eigenvalue weighted by Gasteiger charge is -2.45. The van der Waals surface area contributed by atoms with Gasteiger partial charge in [-0.2, -0.15) is 0 Å². The van der Waals surface area contributed by atoms with Crippen molar-refractivity contribution >= 4 is 35.1 Å². The third kappa shape index (κ3) is 5.32. The van der Waals surface area contributed by atoms with Gasteiger partial charge in [-0.25, -0.2) is 0 Å². The lowest BCUT2D eigenvalue weighted by Crippen LogP contribution is -2.49. The van der Waals surface area contributed by atoms with Gasteiger partial charge in [-0.3, -0.25) is 9.52 Å². The number of rotatable bonds is 0. The van der Waals surface area contributed by atoms with Gasteiger partial charge in [0.05, 0.1) is 18.4 Å². The number of ether oxygens (including phenoxy) is 1. The first-order chi connectivity index (χ1) is 18.8. The van der Waals surface area contributed by atoms with E-state index in [1.807, 2.05) is 30.3 Å². The minimum Gasteiger partial charge on any atom is -0.490 e. The molecule has 6 rings (SSSR count). The Bertz CT molecular complexity index is 1270. The Morgan fingerprint density at radius 3 is 2.87 bits per heavy atom. The molecule has 5 nitrogen and oxygen atoms in total. The summed E-state index contributed by atoms with van der Waals surface area (Å²) in [6.07, 6.45) is 9.93. The standard InChI is InChI=1S/C32H39ClN2O3S/c1-20-5-3-7-29(36)26-11-8-24(26)17-35-18-32(14-4-6-22-15-25(33)10-12-27(22)32)19-38-30-13-9-23(16-28(30)35)31(37)34-39-21(20)2/h3,7,9-10,12-13,15-16,20-21,24,26,29,36H,4-6,8,11,14,17-19H2,1-2H3,(H,34,37)/b7-3-/t20-,21+,24+,26-,29+,32+/m1/s1. The molecule has 39 heavy (non-hydrogen) atoms. The van der Waals surface area contributed by atoms with Crippen LogP contribution in [-0.2, 0) is 11.8 Å². The molecule has 1 saturated carbocycles. The molecule has 208 valence electrons. The summed E-state index contributed by atoms with van der Waals surface area (Å²) >= 11 is 7.88. The molecule has 0 aromatic heterocycles. The number of fused-ring (bicyclic) bond motifs is 4. The number of nitrogens with one attached hydrogen (secondary N) is 1. The van der Waals surface area contributed by atoms with Crippen LogP contribution < -0.4 is 14.4 Å². The van der Waals surface area contributed by atoms with E-state index >= 15 is 0 Å². The lowest BCUT2D eigenvalue weighted by atomic mass is 9.68. The van der Waals surface area contributed by atoms with Gasteiger partial charge in [0, 0.05) is 34.3 Å². The van der Waals surface area contributed by atoms with Crippen LogP contribution in [0.5, 0.6) is 5.75 Å². The van der Waals surface area contributed by atoms with E-state index in [1.54, 1.807) is 0 Å². The highest BCUT2D eigenvalue weighted by Gasteiger charge is 2.44. The van der Waals surface area contributed by atoms with Gasteiger partial charge in [0.1, 0.15) is 5.75 Å². The first kappa shape index (κ1) is 27.0. The zero-order chi connectivity index (χ0) is 27.1. The molecule has 2 bridgehead atoms. The summed E-state index contributed by atoms with van der Waals surface area (Å²) in [5.41, 5.74) is 4.14. The van der Waals surface area contributed by atoms with Crippen LogP contribution in [0.25, 0.3) is 0 Å². The number of benzene rings is 2. The number of nitrogens with zero attached hydrogens (tertiary/aromatic N) is 1. The number of halogens is 1. The van der Waals surface area contributed by atoms with Crippen molar-refractivity contribution in [1.82, 2.24) is 4.72 Å². The maximum Gasteiger partial charge on any atom is 0.261 e. The summed E-state index contributed by atoms with van der Waals surface area (Å²) in [6.45, 7) is 6.59. The van der Waals surface area contributed by atoms with Crippen LogP contribution in [0.15, 0.2) is 48.6 Å². The fourth-order valence-corrected chi connectivity index (χ4v) is 7.85. The molecule has 2 N–H and O–H groups in total. The molecule has 2 aliphatic heterocycles. The largest absolute Gasteiger partial charge is 0.490 e.